The van der Waals surface area contributed by atoms with Gasteiger partial charge in [-0.25, -0.2) is 15.0 Å². The molecule has 5 atom stereocenters. The van der Waals surface area contributed by atoms with Gasteiger partial charge in [0.25, 0.3) is 0 Å². The van der Waals surface area contributed by atoms with Gasteiger partial charge in [-0.15, -0.1) is 0 Å². The van der Waals surface area contributed by atoms with E-state index in [1.165, 1.54) is 0 Å². The second kappa shape index (κ2) is 9.55. The highest BCUT2D eigenvalue weighted by Gasteiger charge is 2.80. The van der Waals surface area contributed by atoms with Gasteiger partial charge < -0.3 is 18.8 Å². The minimum Gasteiger partial charge on any atom is -0.465 e. The molecule has 2 aliphatic carbocycles. The first kappa shape index (κ1) is 25.5. The molecule has 8 heteroatoms. The van der Waals surface area contributed by atoms with Crippen LogP contribution in [0, 0.1) is 35.0 Å². The van der Waals surface area contributed by atoms with Crippen molar-refractivity contribution in [3.8, 4) is 23.7 Å². The van der Waals surface area contributed by atoms with Crippen molar-refractivity contribution in [2.75, 3.05) is 6.61 Å². The summed E-state index contributed by atoms with van der Waals surface area (Å²) in [5.74, 6) is 11.9. The Balaban J connectivity index is 1.35. The molecule has 7 rings (SSSR count). The van der Waals surface area contributed by atoms with E-state index in [0.29, 0.717) is 35.7 Å². The fourth-order valence-electron chi connectivity index (χ4n) is 6.27. The van der Waals surface area contributed by atoms with Crippen LogP contribution < -0.4 is 0 Å². The van der Waals surface area contributed by atoms with Gasteiger partial charge in [0, 0.05) is 17.0 Å². The molecule has 3 aliphatic rings. The molecule has 1 saturated heterocycles. The summed E-state index contributed by atoms with van der Waals surface area (Å²) in [6.07, 6.45) is 1.62. The van der Waals surface area contributed by atoms with E-state index in [1.54, 1.807) is 6.33 Å². The maximum atomic E-state index is 13.2. The van der Waals surface area contributed by atoms with Crippen molar-refractivity contribution < 1.29 is 19.0 Å². The zero-order valence-corrected chi connectivity index (χ0v) is 23.0. The van der Waals surface area contributed by atoms with E-state index in [4.69, 9.17) is 29.2 Å². The molecule has 2 unspecified atom stereocenters. The van der Waals surface area contributed by atoms with Gasteiger partial charge in [-0.05, 0) is 63.3 Å². The van der Waals surface area contributed by atoms with Gasteiger partial charge in [-0.2, -0.15) is 0 Å². The van der Waals surface area contributed by atoms with Crippen LogP contribution in [0.25, 0.3) is 11.2 Å². The molecule has 2 aromatic carbocycles. The van der Waals surface area contributed by atoms with Crippen molar-refractivity contribution in [2.45, 2.75) is 51.2 Å². The van der Waals surface area contributed by atoms with Crippen molar-refractivity contribution in [2.24, 2.45) is 11.3 Å². The third-order valence-corrected chi connectivity index (χ3v) is 8.03. The van der Waals surface area contributed by atoms with E-state index in [-0.39, 0.29) is 24.0 Å². The Morgan fingerprint density at radius 2 is 1.66 bits per heavy atom. The number of benzene rings is 2. The number of fused-ring (bicyclic) bond motifs is 4. The van der Waals surface area contributed by atoms with Crippen LogP contribution in [0.5, 0.6) is 0 Å². The molecule has 8 nitrogen and oxygen atoms in total. The summed E-state index contributed by atoms with van der Waals surface area (Å²) in [6, 6.07) is 19.2. The third kappa shape index (κ3) is 4.28. The normalized spacial score (nSPS) is 26.7. The Bertz CT molecular complexity index is 1780. The number of imidazole rings is 1. The SMILES string of the molecule is CCOC(=O)[C@]12CC1[C@@H](n1cnc3c(C#Cc4ccccc4)nc(C#Cc4ccccc4)nc31)C1OC(C)(C)O[C@@H]12. The molecule has 2 aromatic heterocycles. The average molecular weight is 545 g/mol. The molecule has 0 spiro atoms. The molecule has 3 fully saturated rings. The number of aromatic nitrogens is 4. The molecule has 204 valence electrons. The highest BCUT2D eigenvalue weighted by Crippen LogP contribution is 2.72. The summed E-state index contributed by atoms with van der Waals surface area (Å²) in [6.45, 7) is 5.89. The summed E-state index contributed by atoms with van der Waals surface area (Å²) in [5, 5.41) is 0. The molecule has 0 N–H and O–H groups in total. The van der Waals surface area contributed by atoms with Crippen LogP contribution in [-0.4, -0.2) is 50.1 Å². The standard InChI is InChI=1S/C33H28N4O4/c1-4-39-31(38)33-19-23(33)27(28-29(33)41-32(2,3)40-28)37-20-34-26-24(17-15-21-11-7-5-8-12-21)35-25(36-30(26)37)18-16-22-13-9-6-10-14-22/h5-14,20,23,27-29H,4,19H2,1-3H3/t23?,27-,28?,29+,33-/m1/s1. The Morgan fingerprint density at radius 1 is 0.976 bits per heavy atom. The molecule has 4 aromatic rings. The highest BCUT2D eigenvalue weighted by molar-refractivity contribution is 5.83. The number of hydrogen-bond acceptors (Lipinski definition) is 7. The lowest BCUT2D eigenvalue weighted by atomic mass is 9.99. The zero-order valence-electron chi connectivity index (χ0n) is 23.0. The minimum atomic E-state index is -0.829. The summed E-state index contributed by atoms with van der Waals surface area (Å²) in [7, 11) is 0. The first-order chi connectivity index (χ1) is 19.9. The maximum Gasteiger partial charge on any atom is 0.315 e. The molecular weight excluding hydrogens is 516 g/mol. The van der Waals surface area contributed by atoms with Gasteiger partial charge in [0.1, 0.15) is 28.8 Å². The third-order valence-electron chi connectivity index (χ3n) is 8.03. The van der Waals surface area contributed by atoms with Crippen LogP contribution in [0.4, 0.5) is 0 Å². The van der Waals surface area contributed by atoms with E-state index < -0.39 is 17.3 Å². The second-order valence-corrected chi connectivity index (χ2v) is 11.0. The Morgan fingerprint density at radius 3 is 2.34 bits per heavy atom. The monoisotopic (exact) mass is 544 g/mol. The van der Waals surface area contributed by atoms with Gasteiger partial charge in [-0.3, -0.25) is 4.79 Å². The van der Waals surface area contributed by atoms with Crippen molar-refractivity contribution >= 4 is 17.1 Å². The lowest BCUT2D eigenvalue weighted by Gasteiger charge is -2.24. The van der Waals surface area contributed by atoms with Crippen LogP contribution in [0.3, 0.4) is 0 Å². The van der Waals surface area contributed by atoms with Gasteiger partial charge >= 0.3 is 5.97 Å². The van der Waals surface area contributed by atoms with Crippen LogP contribution in [-0.2, 0) is 19.0 Å². The number of carbonyl (C=O) groups is 1. The van der Waals surface area contributed by atoms with Gasteiger partial charge in [0.05, 0.1) is 19.0 Å². The Labute approximate surface area is 238 Å². The lowest BCUT2D eigenvalue weighted by molar-refractivity contribution is -0.172. The number of hydrogen-bond donors (Lipinski definition) is 0. The topological polar surface area (TPSA) is 88.4 Å². The fourth-order valence-corrected chi connectivity index (χ4v) is 6.27. The molecule has 0 amide bonds. The van der Waals surface area contributed by atoms with Gasteiger partial charge in [-0.1, -0.05) is 48.2 Å². The maximum absolute atomic E-state index is 13.2. The molecule has 41 heavy (non-hydrogen) atoms. The van der Waals surface area contributed by atoms with Crippen LogP contribution in [0.15, 0.2) is 67.0 Å². The molecule has 3 heterocycles. The number of carbonyl (C=O) groups excluding carboxylic acids is 1. The average Bonchev–Trinajstić information content (AvgIpc) is 3.30. The second-order valence-electron chi connectivity index (χ2n) is 11.0. The van der Waals surface area contributed by atoms with Crippen molar-refractivity contribution in [1.29, 1.82) is 0 Å². The predicted molar refractivity (Wildman–Crippen MR) is 150 cm³/mol. The summed E-state index contributed by atoms with van der Waals surface area (Å²) < 4.78 is 20.3. The first-order valence-electron chi connectivity index (χ1n) is 13.8. The fraction of sp³-hybridized carbons (Fsp3) is 0.333. The molecule has 0 bridgehead atoms. The van der Waals surface area contributed by atoms with E-state index >= 15 is 0 Å². The Kier molecular flexibility index (Phi) is 5.93. The van der Waals surface area contributed by atoms with Crippen molar-refractivity contribution in [3.05, 3.63) is 89.6 Å². The van der Waals surface area contributed by atoms with E-state index in [9.17, 15) is 4.79 Å². The summed E-state index contributed by atoms with van der Waals surface area (Å²) >= 11 is 0. The van der Waals surface area contributed by atoms with E-state index in [0.717, 1.165) is 11.1 Å². The molecule has 0 radical (unpaired) electrons. The highest BCUT2D eigenvalue weighted by atomic mass is 16.8. The van der Waals surface area contributed by atoms with Gasteiger partial charge in [0.2, 0.25) is 5.82 Å². The summed E-state index contributed by atoms with van der Waals surface area (Å²) in [5.41, 5.74) is 2.64. The number of ether oxygens (including phenoxy) is 3. The molecule has 2 saturated carbocycles. The smallest absolute Gasteiger partial charge is 0.315 e. The molecule has 1 aliphatic heterocycles. The Hall–Kier alpha value is -4.50. The van der Waals surface area contributed by atoms with Gasteiger partial charge in [0.15, 0.2) is 11.4 Å². The first-order valence-corrected chi connectivity index (χ1v) is 13.8. The van der Waals surface area contributed by atoms with E-state index in [2.05, 4.69) is 23.7 Å². The summed E-state index contributed by atoms with van der Waals surface area (Å²) in [4.78, 5) is 27.5. The van der Waals surface area contributed by atoms with Crippen LogP contribution in [0.1, 0.15) is 55.9 Å². The number of rotatable bonds is 3. The van der Waals surface area contributed by atoms with Crippen LogP contribution in [0.2, 0.25) is 0 Å². The number of esters is 1. The number of nitrogens with zero attached hydrogens (tertiary/aromatic N) is 4. The largest absolute Gasteiger partial charge is 0.465 e. The zero-order chi connectivity index (χ0) is 28.2. The van der Waals surface area contributed by atoms with E-state index in [1.807, 2.05) is 86.0 Å². The van der Waals surface area contributed by atoms with Crippen molar-refractivity contribution in [1.82, 2.24) is 19.5 Å². The molecular formula is C33H28N4O4. The van der Waals surface area contributed by atoms with Crippen molar-refractivity contribution in [3.63, 3.8) is 0 Å². The predicted octanol–water partition coefficient (Wildman–Crippen LogP) is 4.27. The van der Waals surface area contributed by atoms with Crippen LogP contribution >= 0.6 is 0 Å². The quantitative estimate of drug-likeness (QED) is 0.281. The minimum absolute atomic E-state index is 0.0299. The lowest BCUT2D eigenvalue weighted by Crippen LogP contribution is -2.36.